The molecule has 0 aliphatic carbocycles. The molecule has 0 fully saturated rings. The van der Waals surface area contributed by atoms with Gasteiger partial charge in [0.25, 0.3) is 11.8 Å². The van der Waals surface area contributed by atoms with Crippen LogP contribution < -0.4 is 11.1 Å². The van der Waals surface area contributed by atoms with Crippen molar-refractivity contribution < 1.29 is 23.9 Å². The van der Waals surface area contributed by atoms with Gasteiger partial charge in [0.15, 0.2) is 5.82 Å². The number of aromatic carboxylic acids is 1. The van der Waals surface area contributed by atoms with E-state index in [9.17, 15) is 14.4 Å². The maximum Gasteiger partial charge on any atom is 0.372 e. The van der Waals surface area contributed by atoms with E-state index in [1.807, 2.05) is 12.1 Å². The number of imidazole rings is 1. The summed E-state index contributed by atoms with van der Waals surface area (Å²) in [6.07, 6.45) is 3.23. The number of primary amides is 1. The number of carbonyl (C=O) groups is 3. The Kier molecular flexibility index (Phi) is 5.77. The van der Waals surface area contributed by atoms with Crippen molar-refractivity contribution in [2.75, 3.05) is 5.32 Å². The summed E-state index contributed by atoms with van der Waals surface area (Å²) in [6, 6.07) is 8.63. The molecule has 0 spiro atoms. The van der Waals surface area contributed by atoms with E-state index < -0.39 is 17.8 Å². The highest BCUT2D eigenvalue weighted by atomic mass is 16.4. The fourth-order valence-corrected chi connectivity index (χ4v) is 2.91. The van der Waals surface area contributed by atoms with Crippen LogP contribution in [0.2, 0.25) is 0 Å². The quantitative estimate of drug-likeness (QED) is 0.459. The highest BCUT2D eigenvalue weighted by Gasteiger charge is 2.20. The number of aromatic amines is 1. The second-order valence-electron chi connectivity index (χ2n) is 6.43. The normalized spacial score (nSPS) is 10.7. The van der Waals surface area contributed by atoms with E-state index in [-0.39, 0.29) is 29.5 Å². The Hall–Kier alpha value is -3.88. The molecule has 29 heavy (non-hydrogen) atoms. The Balaban J connectivity index is 1.81. The summed E-state index contributed by atoms with van der Waals surface area (Å²) in [4.78, 5) is 42.3. The number of nitrogens with zero attached hydrogens (tertiary/aromatic N) is 1. The lowest BCUT2D eigenvalue weighted by Crippen LogP contribution is -2.18. The molecule has 1 aromatic carbocycles. The van der Waals surface area contributed by atoms with Gasteiger partial charge in [-0.25, -0.2) is 9.78 Å². The van der Waals surface area contributed by atoms with Gasteiger partial charge in [-0.05, 0) is 30.2 Å². The third kappa shape index (κ3) is 4.52. The largest absolute Gasteiger partial charge is 0.475 e. The number of amides is 2. The molecule has 0 saturated carbocycles. The van der Waals surface area contributed by atoms with E-state index in [0.717, 1.165) is 18.4 Å². The van der Waals surface area contributed by atoms with Crippen molar-refractivity contribution in [3.8, 4) is 0 Å². The first-order valence-electron chi connectivity index (χ1n) is 8.97. The molecule has 0 aliphatic heterocycles. The van der Waals surface area contributed by atoms with Crippen LogP contribution in [0.4, 0.5) is 5.82 Å². The van der Waals surface area contributed by atoms with Crippen molar-refractivity contribution in [1.82, 2.24) is 9.97 Å². The molecule has 3 aromatic rings. The van der Waals surface area contributed by atoms with Crippen LogP contribution in [0.25, 0.3) is 0 Å². The highest BCUT2D eigenvalue weighted by Crippen LogP contribution is 2.19. The topological polar surface area (TPSA) is 151 Å². The number of H-pyrrole nitrogens is 1. The first kappa shape index (κ1) is 19.9. The van der Waals surface area contributed by atoms with Gasteiger partial charge in [0.05, 0.1) is 6.26 Å². The second kappa shape index (κ2) is 8.42. The number of carboxylic acids is 1. The molecule has 2 aromatic heterocycles. The molecule has 5 N–H and O–H groups in total. The van der Waals surface area contributed by atoms with Crippen LogP contribution in [0.15, 0.2) is 41.0 Å². The maximum atomic E-state index is 12.5. The lowest BCUT2D eigenvalue weighted by molar-refractivity contribution is 0.0660. The standard InChI is InChI=1S/C20H20N4O5/c1-2-3-11-4-6-12(7-5-11)19(26)24-18-15(17(21)25)22-14(23-18)10-13-8-9-29-16(13)20(27)28/h4-9H,2-3,10H2,1H3,(H2,21,25)(H,22,23)(H,24,26)(H,27,28). The molecule has 0 saturated heterocycles. The second-order valence-corrected chi connectivity index (χ2v) is 6.43. The molecule has 0 bridgehead atoms. The number of carboxylic acid groups (broad SMARTS) is 1. The minimum absolute atomic E-state index is 0.0181. The number of furan rings is 1. The van der Waals surface area contributed by atoms with Crippen LogP contribution in [-0.4, -0.2) is 32.9 Å². The molecule has 0 aliphatic rings. The Morgan fingerprint density at radius 1 is 1.21 bits per heavy atom. The summed E-state index contributed by atoms with van der Waals surface area (Å²) in [7, 11) is 0. The van der Waals surface area contributed by atoms with Gasteiger partial charge in [0.1, 0.15) is 11.5 Å². The molecular formula is C20H20N4O5. The number of rotatable bonds is 8. The summed E-state index contributed by atoms with van der Waals surface area (Å²) in [5, 5.41) is 11.7. The third-order valence-corrected chi connectivity index (χ3v) is 4.28. The Labute approximate surface area is 165 Å². The van der Waals surface area contributed by atoms with Crippen molar-refractivity contribution in [2.24, 2.45) is 5.73 Å². The number of nitrogens with two attached hydrogens (primary N) is 1. The molecule has 9 heteroatoms. The lowest BCUT2D eigenvalue weighted by atomic mass is 10.1. The number of aromatic nitrogens is 2. The van der Waals surface area contributed by atoms with Crippen LogP contribution in [-0.2, 0) is 12.8 Å². The molecular weight excluding hydrogens is 376 g/mol. The van der Waals surface area contributed by atoms with E-state index in [1.165, 1.54) is 12.3 Å². The van der Waals surface area contributed by atoms with Crippen LogP contribution in [0.1, 0.15) is 61.7 Å². The summed E-state index contributed by atoms with van der Waals surface area (Å²) in [5.74, 6) is -2.44. The average molecular weight is 396 g/mol. The van der Waals surface area contributed by atoms with E-state index in [2.05, 4.69) is 22.2 Å². The maximum absolute atomic E-state index is 12.5. The number of hydrogen-bond acceptors (Lipinski definition) is 5. The van der Waals surface area contributed by atoms with Crippen LogP contribution in [0.5, 0.6) is 0 Å². The smallest absolute Gasteiger partial charge is 0.372 e. The highest BCUT2D eigenvalue weighted by molar-refractivity contribution is 6.07. The van der Waals surface area contributed by atoms with Gasteiger partial charge in [0, 0.05) is 17.5 Å². The molecule has 2 amide bonds. The number of aryl methyl sites for hydroxylation is 1. The van der Waals surface area contributed by atoms with E-state index in [1.54, 1.807) is 12.1 Å². The van der Waals surface area contributed by atoms with E-state index in [0.29, 0.717) is 11.1 Å². The van der Waals surface area contributed by atoms with E-state index in [4.69, 9.17) is 15.3 Å². The molecule has 0 radical (unpaired) electrons. The van der Waals surface area contributed by atoms with E-state index >= 15 is 0 Å². The van der Waals surface area contributed by atoms with Crippen LogP contribution in [0, 0.1) is 0 Å². The van der Waals surface area contributed by atoms with Crippen LogP contribution in [0.3, 0.4) is 0 Å². The zero-order valence-corrected chi connectivity index (χ0v) is 15.7. The molecule has 0 unspecified atom stereocenters. The average Bonchev–Trinajstić information content (AvgIpc) is 3.30. The molecule has 0 atom stereocenters. The fraction of sp³-hybridized carbons (Fsp3) is 0.200. The van der Waals surface area contributed by atoms with Gasteiger partial charge in [0.2, 0.25) is 5.76 Å². The summed E-state index contributed by atoms with van der Waals surface area (Å²) >= 11 is 0. The van der Waals surface area contributed by atoms with Gasteiger partial charge in [-0.3, -0.25) is 9.59 Å². The predicted octanol–water partition coefficient (Wildman–Crippen LogP) is 2.60. The number of hydrogen-bond donors (Lipinski definition) is 4. The molecule has 2 heterocycles. The van der Waals surface area contributed by atoms with Crippen molar-refractivity contribution >= 4 is 23.6 Å². The monoisotopic (exact) mass is 396 g/mol. The lowest BCUT2D eigenvalue weighted by Gasteiger charge is -2.05. The van der Waals surface area contributed by atoms with Gasteiger partial charge in [-0.15, -0.1) is 0 Å². The number of benzene rings is 1. The van der Waals surface area contributed by atoms with Crippen LogP contribution >= 0.6 is 0 Å². The third-order valence-electron chi connectivity index (χ3n) is 4.28. The van der Waals surface area contributed by atoms with Crippen molar-refractivity contribution in [1.29, 1.82) is 0 Å². The molecule has 3 rings (SSSR count). The number of nitrogens with one attached hydrogen (secondary N) is 2. The minimum atomic E-state index is -1.22. The SMILES string of the molecule is CCCc1ccc(C(=O)Nc2nc(Cc3ccoc3C(=O)O)[nH]c2C(N)=O)cc1. The first-order valence-corrected chi connectivity index (χ1v) is 8.97. The van der Waals surface area contributed by atoms with Gasteiger partial charge < -0.3 is 25.6 Å². The van der Waals surface area contributed by atoms with Crippen molar-refractivity contribution in [3.05, 3.63) is 70.6 Å². The zero-order chi connectivity index (χ0) is 21.0. The zero-order valence-electron chi connectivity index (χ0n) is 15.7. The fourth-order valence-electron chi connectivity index (χ4n) is 2.91. The van der Waals surface area contributed by atoms with Gasteiger partial charge >= 0.3 is 5.97 Å². The number of carbonyl (C=O) groups excluding carboxylic acids is 2. The Morgan fingerprint density at radius 2 is 1.93 bits per heavy atom. The van der Waals surface area contributed by atoms with Crippen molar-refractivity contribution in [3.63, 3.8) is 0 Å². The minimum Gasteiger partial charge on any atom is -0.475 e. The number of anilines is 1. The summed E-state index contributed by atoms with van der Waals surface area (Å²) < 4.78 is 4.93. The Morgan fingerprint density at radius 3 is 2.55 bits per heavy atom. The Bertz CT molecular complexity index is 1050. The van der Waals surface area contributed by atoms with Gasteiger partial charge in [-0.2, -0.15) is 0 Å². The van der Waals surface area contributed by atoms with Crippen molar-refractivity contribution in [2.45, 2.75) is 26.2 Å². The molecule has 150 valence electrons. The predicted molar refractivity (Wildman–Crippen MR) is 104 cm³/mol. The molecule has 9 nitrogen and oxygen atoms in total. The first-order chi connectivity index (χ1) is 13.9. The van der Waals surface area contributed by atoms with Gasteiger partial charge in [-0.1, -0.05) is 25.5 Å². The summed E-state index contributed by atoms with van der Waals surface area (Å²) in [5.41, 5.74) is 7.20. The summed E-state index contributed by atoms with van der Waals surface area (Å²) in [6.45, 7) is 2.07.